The molecule has 1 aromatic heterocycles. The SMILES string of the molecule is COc1ccc(OC(C)C(=O)OC(C)C(=O)Nc2ccc(Cl)cn2)cc1. The van der Waals surface area contributed by atoms with Crippen molar-refractivity contribution in [1.82, 2.24) is 4.98 Å². The fourth-order valence-electron chi connectivity index (χ4n) is 1.91. The van der Waals surface area contributed by atoms with Crippen molar-refractivity contribution in [3.63, 3.8) is 0 Å². The first kappa shape index (κ1) is 19.5. The standard InChI is InChI=1S/C18H19ClN2O5/c1-11(17(22)21-16-9-4-13(19)10-20-16)26-18(23)12(2)25-15-7-5-14(24-3)6-8-15/h4-12H,1-3H3,(H,20,21,22). The second-order valence-corrected chi connectivity index (χ2v) is 5.80. The molecule has 1 heterocycles. The molecule has 1 aromatic carbocycles. The third-order valence-corrected chi connectivity index (χ3v) is 3.57. The average molecular weight is 379 g/mol. The molecule has 26 heavy (non-hydrogen) atoms. The maximum Gasteiger partial charge on any atom is 0.347 e. The molecule has 0 spiro atoms. The molecule has 1 amide bonds. The lowest BCUT2D eigenvalue weighted by Crippen LogP contribution is -2.35. The minimum Gasteiger partial charge on any atom is -0.497 e. The lowest BCUT2D eigenvalue weighted by molar-refractivity contribution is -0.159. The number of hydrogen-bond donors (Lipinski definition) is 1. The van der Waals surface area contributed by atoms with Gasteiger partial charge in [-0.05, 0) is 50.2 Å². The topological polar surface area (TPSA) is 86.8 Å². The van der Waals surface area contributed by atoms with E-state index in [1.807, 2.05) is 0 Å². The van der Waals surface area contributed by atoms with Crippen molar-refractivity contribution < 1.29 is 23.8 Å². The van der Waals surface area contributed by atoms with E-state index in [4.69, 9.17) is 25.8 Å². The summed E-state index contributed by atoms with van der Waals surface area (Å²) in [5, 5.41) is 2.99. The van der Waals surface area contributed by atoms with Crippen LogP contribution >= 0.6 is 11.6 Å². The molecule has 0 aliphatic carbocycles. The molecule has 0 saturated carbocycles. The zero-order chi connectivity index (χ0) is 19.1. The lowest BCUT2D eigenvalue weighted by atomic mass is 10.3. The van der Waals surface area contributed by atoms with Crippen LogP contribution in [0, 0.1) is 0 Å². The highest BCUT2D eigenvalue weighted by molar-refractivity contribution is 6.30. The smallest absolute Gasteiger partial charge is 0.347 e. The molecule has 8 heteroatoms. The average Bonchev–Trinajstić information content (AvgIpc) is 2.64. The van der Waals surface area contributed by atoms with E-state index in [0.717, 1.165) is 0 Å². The number of nitrogens with zero attached hydrogens (tertiary/aromatic N) is 1. The largest absolute Gasteiger partial charge is 0.497 e. The number of esters is 1. The van der Waals surface area contributed by atoms with Crippen LogP contribution in [0.15, 0.2) is 42.6 Å². The van der Waals surface area contributed by atoms with Crippen LogP contribution in [0.25, 0.3) is 0 Å². The summed E-state index contributed by atoms with van der Waals surface area (Å²) in [5.74, 6) is 0.300. The number of halogens is 1. The minimum atomic E-state index is -1.01. The third kappa shape index (κ3) is 5.63. The van der Waals surface area contributed by atoms with Crippen LogP contribution in [0.2, 0.25) is 5.02 Å². The van der Waals surface area contributed by atoms with Crippen LogP contribution in [0.4, 0.5) is 5.82 Å². The van der Waals surface area contributed by atoms with Gasteiger partial charge in [0.15, 0.2) is 12.2 Å². The summed E-state index contributed by atoms with van der Waals surface area (Å²) >= 11 is 5.73. The van der Waals surface area contributed by atoms with E-state index in [9.17, 15) is 9.59 Å². The number of aromatic nitrogens is 1. The molecular weight excluding hydrogens is 360 g/mol. The Hall–Kier alpha value is -2.80. The zero-order valence-corrected chi connectivity index (χ0v) is 15.3. The molecular formula is C18H19ClN2O5. The first-order valence-corrected chi connectivity index (χ1v) is 8.20. The van der Waals surface area contributed by atoms with Crippen LogP contribution in [0.5, 0.6) is 11.5 Å². The summed E-state index contributed by atoms with van der Waals surface area (Å²) in [7, 11) is 1.56. The van der Waals surface area contributed by atoms with E-state index >= 15 is 0 Å². The highest BCUT2D eigenvalue weighted by Crippen LogP contribution is 2.18. The number of anilines is 1. The number of amides is 1. The predicted molar refractivity (Wildman–Crippen MR) is 96.5 cm³/mol. The van der Waals surface area contributed by atoms with Gasteiger partial charge in [-0.15, -0.1) is 0 Å². The highest BCUT2D eigenvalue weighted by Gasteiger charge is 2.23. The third-order valence-electron chi connectivity index (χ3n) is 3.35. The summed E-state index contributed by atoms with van der Waals surface area (Å²) in [5.41, 5.74) is 0. The minimum absolute atomic E-state index is 0.310. The van der Waals surface area contributed by atoms with Gasteiger partial charge in [-0.1, -0.05) is 11.6 Å². The van der Waals surface area contributed by atoms with Gasteiger partial charge in [0.1, 0.15) is 17.3 Å². The number of rotatable bonds is 7. The van der Waals surface area contributed by atoms with Crippen LogP contribution in [0.3, 0.4) is 0 Å². The molecule has 2 aromatic rings. The molecule has 2 unspecified atom stereocenters. The number of nitrogens with one attached hydrogen (secondary N) is 1. The van der Waals surface area contributed by atoms with Crippen LogP contribution in [0.1, 0.15) is 13.8 Å². The number of pyridine rings is 1. The van der Waals surface area contributed by atoms with Crippen molar-refractivity contribution in [3.05, 3.63) is 47.6 Å². The number of carbonyl (C=O) groups excluding carboxylic acids is 2. The Balaban J connectivity index is 1.86. The summed E-state index contributed by atoms with van der Waals surface area (Å²) in [4.78, 5) is 28.1. The monoisotopic (exact) mass is 378 g/mol. The van der Waals surface area contributed by atoms with Gasteiger partial charge in [-0.3, -0.25) is 4.79 Å². The van der Waals surface area contributed by atoms with Gasteiger partial charge in [0, 0.05) is 6.20 Å². The van der Waals surface area contributed by atoms with Crippen molar-refractivity contribution in [3.8, 4) is 11.5 Å². The number of methoxy groups -OCH3 is 1. The normalized spacial score (nSPS) is 12.6. The predicted octanol–water partition coefficient (Wildman–Crippen LogP) is 3.08. The van der Waals surface area contributed by atoms with Gasteiger partial charge < -0.3 is 19.5 Å². The molecule has 138 valence electrons. The maximum absolute atomic E-state index is 12.1. The molecule has 0 aliphatic heterocycles. The zero-order valence-electron chi connectivity index (χ0n) is 14.6. The second-order valence-electron chi connectivity index (χ2n) is 5.37. The van der Waals surface area contributed by atoms with Gasteiger partial charge in [-0.2, -0.15) is 0 Å². The number of ether oxygens (including phenoxy) is 3. The van der Waals surface area contributed by atoms with Gasteiger partial charge in [-0.25, -0.2) is 9.78 Å². The number of hydrogen-bond acceptors (Lipinski definition) is 6. The van der Waals surface area contributed by atoms with Crippen molar-refractivity contribution in [2.75, 3.05) is 12.4 Å². The molecule has 0 radical (unpaired) electrons. The molecule has 0 bridgehead atoms. The maximum atomic E-state index is 12.1. The molecule has 2 atom stereocenters. The molecule has 1 N–H and O–H groups in total. The van der Waals surface area contributed by atoms with E-state index in [1.54, 1.807) is 43.5 Å². The second kappa shape index (κ2) is 9.05. The number of benzene rings is 1. The summed E-state index contributed by atoms with van der Waals surface area (Å²) in [6.45, 7) is 3.00. The fraction of sp³-hybridized carbons (Fsp3) is 0.278. The van der Waals surface area contributed by atoms with Crippen molar-refractivity contribution in [2.45, 2.75) is 26.1 Å². The van der Waals surface area contributed by atoms with E-state index in [-0.39, 0.29) is 0 Å². The summed E-state index contributed by atoms with van der Waals surface area (Å²) in [6, 6.07) is 9.90. The van der Waals surface area contributed by atoms with Crippen LogP contribution < -0.4 is 14.8 Å². The van der Waals surface area contributed by atoms with Crippen LogP contribution in [-0.2, 0) is 14.3 Å². The van der Waals surface area contributed by atoms with E-state index in [1.165, 1.54) is 20.0 Å². The van der Waals surface area contributed by atoms with Crippen molar-refractivity contribution >= 4 is 29.3 Å². The van der Waals surface area contributed by atoms with E-state index in [2.05, 4.69) is 10.3 Å². The summed E-state index contributed by atoms with van der Waals surface area (Å²) < 4.78 is 15.7. The Bertz CT molecular complexity index is 749. The Kier molecular flexibility index (Phi) is 6.80. The quantitative estimate of drug-likeness (QED) is 0.745. The van der Waals surface area contributed by atoms with Crippen molar-refractivity contribution in [1.29, 1.82) is 0 Å². The summed E-state index contributed by atoms with van der Waals surface area (Å²) in [6.07, 6.45) is -0.493. The Morgan fingerprint density at radius 2 is 1.69 bits per heavy atom. The lowest BCUT2D eigenvalue weighted by Gasteiger charge is -2.17. The van der Waals surface area contributed by atoms with Gasteiger partial charge in [0.2, 0.25) is 0 Å². The van der Waals surface area contributed by atoms with Crippen LogP contribution in [-0.4, -0.2) is 36.2 Å². The molecule has 0 fully saturated rings. The Morgan fingerprint density at radius 3 is 2.27 bits per heavy atom. The first-order chi connectivity index (χ1) is 12.4. The Labute approximate surface area is 156 Å². The highest BCUT2D eigenvalue weighted by atomic mass is 35.5. The van der Waals surface area contributed by atoms with Gasteiger partial charge in [0.05, 0.1) is 12.1 Å². The molecule has 2 rings (SSSR count). The molecule has 7 nitrogen and oxygen atoms in total. The van der Waals surface area contributed by atoms with Gasteiger partial charge >= 0.3 is 5.97 Å². The molecule has 0 aliphatic rings. The molecule has 0 saturated heterocycles. The van der Waals surface area contributed by atoms with E-state index in [0.29, 0.717) is 22.3 Å². The fourth-order valence-corrected chi connectivity index (χ4v) is 2.02. The first-order valence-electron chi connectivity index (χ1n) is 7.82. The Morgan fingerprint density at radius 1 is 1.04 bits per heavy atom. The van der Waals surface area contributed by atoms with E-state index < -0.39 is 24.1 Å². The van der Waals surface area contributed by atoms with Gasteiger partial charge in [0.25, 0.3) is 5.91 Å². The number of carbonyl (C=O) groups is 2. The van der Waals surface area contributed by atoms with Crippen molar-refractivity contribution in [2.24, 2.45) is 0 Å².